The molecule has 0 bridgehead atoms. The number of amides is 1. The molecule has 0 fully saturated rings. The van der Waals surface area contributed by atoms with Gasteiger partial charge in [0.2, 0.25) is 5.95 Å². The first-order valence-electron chi connectivity index (χ1n) is 9.48. The Hall–Kier alpha value is -3.13. The zero-order valence-corrected chi connectivity index (χ0v) is 18.7. The SMILES string of the molecule is COc1ccc([C@@H]2C(C(=O)Nc3ccc(C)cc3C)=C(C)Nc3ncnn32)cc1Br. The van der Waals surface area contributed by atoms with E-state index in [9.17, 15) is 4.79 Å². The largest absolute Gasteiger partial charge is 0.496 e. The second-order valence-electron chi connectivity index (χ2n) is 7.26. The number of nitrogens with zero attached hydrogens (tertiary/aromatic N) is 3. The second kappa shape index (κ2) is 7.95. The summed E-state index contributed by atoms with van der Waals surface area (Å²) in [6, 6.07) is 11.3. The molecule has 1 aromatic heterocycles. The maximum atomic E-state index is 13.4. The Morgan fingerprint density at radius 1 is 1.20 bits per heavy atom. The summed E-state index contributed by atoms with van der Waals surface area (Å²) < 4.78 is 7.87. The molecule has 1 aliphatic heterocycles. The summed E-state index contributed by atoms with van der Waals surface area (Å²) in [5.41, 5.74) is 5.13. The van der Waals surface area contributed by atoms with Gasteiger partial charge in [0.25, 0.3) is 5.91 Å². The van der Waals surface area contributed by atoms with Gasteiger partial charge >= 0.3 is 0 Å². The highest BCUT2D eigenvalue weighted by molar-refractivity contribution is 9.10. The third-order valence-corrected chi connectivity index (χ3v) is 5.78. The van der Waals surface area contributed by atoms with Gasteiger partial charge in [-0.2, -0.15) is 10.1 Å². The van der Waals surface area contributed by atoms with Crippen LogP contribution in [-0.4, -0.2) is 27.8 Å². The number of anilines is 2. The number of carbonyl (C=O) groups excluding carboxylic acids is 1. The van der Waals surface area contributed by atoms with Gasteiger partial charge < -0.3 is 15.4 Å². The number of carbonyl (C=O) groups is 1. The molecule has 0 spiro atoms. The maximum absolute atomic E-state index is 13.4. The second-order valence-corrected chi connectivity index (χ2v) is 8.12. The number of methoxy groups -OCH3 is 1. The van der Waals surface area contributed by atoms with Crippen LogP contribution < -0.4 is 15.4 Å². The molecule has 0 unspecified atom stereocenters. The molecule has 1 amide bonds. The number of ether oxygens (including phenoxy) is 1. The fourth-order valence-electron chi connectivity index (χ4n) is 3.69. The molecular formula is C22H22BrN5O2. The van der Waals surface area contributed by atoms with Crippen LogP contribution in [-0.2, 0) is 4.79 Å². The highest BCUT2D eigenvalue weighted by atomic mass is 79.9. The van der Waals surface area contributed by atoms with Gasteiger partial charge in [-0.25, -0.2) is 4.68 Å². The number of allylic oxidation sites excluding steroid dienone is 1. The number of halogens is 1. The van der Waals surface area contributed by atoms with Crippen LogP contribution in [0.3, 0.4) is 0 Å². The van der Waals surface area contributed by atoms with E-state index < -0.39 is 6.04 Å². The van der Waals surface area contributed by atoms with Crippen molar-refractivity contribution in [2.24, 2.45) is 0 Å². The minimum Gasteiger partial charge on any atom is -0.496 e. The highest BCUT2D eigenvalue weighted by Crippen LogP contribution is 2.38. The summed E-state index contributed by atoms with van der Waals surface area (Å²) in [7, 11) is 1.62. The van der Waals surface area contributed by atoms with Crippen LogP contribution in [0.1, 0.15) is 29.7 Å². The average molecular weight is 468 g/mol. The molecule has 2 N–H and O–H groups in total. The standard InChI is InChI=1S/C22H22BrN5O2/c1-12-5-7-17(13(2)9-12)27-21(29)19-14(3)26-22-24-11-25-28(22)20(19)15-6-8-18(30-4)16(23)10-15/h5-11,20H,1-4H3,(H,27,29)(H,24,25,26)/t20-/m1/s1. The summed E-state index contributed by atoms with van der Waals surface area (Å²) in [4.78, 5) is 17.7. The van der Waals surface area contributed by atoms with Crippen molar-refractivity contribution >= 4 is 33.5 Å². The molecule has 154 valence electrons. The predicted octanol–water partition coefficient (Wildman–Crippen LogP) is 4.59. The van der Waals surface area contributed by atoms with Crippen LogP contribution in [0.4, 0.5) is 11.6 Å². The molecule has 30 heavy (non-hydrogen) atoms. The molecule has 0 aliphatic carbocycles. The molecule has 1 atom stereocenters. The van der Waals surface area contributed by atoms with Gasteiger partial charge in [-0.05, 0) is 66.0 Å². The molecule has 1 aliphatic rings. The Labute approximate surface area is 183 Å². The van der Waals surface area contributed by atoms with Gasteiger partial charge in [0.1, 0.15) is 18.1 Å². The fraction of sp³-hybridized carbons (Fsp3) is 0.227. The smallest absolute Gasteiger partial charge is 0.255 e. The topological polar surface area (TPSA) is 81.1 Å². The lowest BCUT2D eigenvalue weighted by Crippen LogP contribution is -2.31. The molecule has 0 radical (unpaired) electrons. The fourth-order valence-corrected chi connectivity index (χ4v) is 4.25. The van der Waals surface area contributed by atoms with Crippen LogP contribution in [0.5, 0.6) is 5.75 Å². The zero-order valence-electron chi connectivity index (χ0n) is 17.2. The first-order chi connectivity index (χ1) is 14.4. The van der Waals surface area contributed by atoms with Crippen molar-refractivity contribution in [1.29, 1.82) is 0 Å². The molecule has 0 saturated heterocycles. The molecule has 3 aromatic rings. The lowest BCUT2D eigenvalue weighted by Gasteiger charge is -2.29. The third-order valence-electron chi connectivity index (χ3n) is 5.16. The quantitative estimate of drug-likeness (QED) is 0.586. The molecule has 7 nitrogen and oxygen atoms in total. The zero-order chi connectivity index (χ0) is 21.4. The van der Waals surface area contributed by atoms with Gasteiger partial charge in [-0.1, -0.05) is 23.8 Å². The number of fused-ring (bicyclic) bond motifs is 1. The van der Waals surface area contributed by atoms with E-state index >= 15 is 0 Å². The highest BCUT2D eigenvalue weighted by Gasteiger charge is 2.33. The minimum atomic E-state index is -0.434. The number of hydrogen-bond donors (Lipinski definition) is 2. The Balaban J connectivity index is 1.77. The first kappa shape index (κ1) is 20.2. The van der Waals surface area contributed by atoms with Crippen molar-refractivity contribution in [3.05, 3.63) is 75.2 Å². The average Bonchev–Trinajstić information content (AvgIpc) is 3.16. The van der Waals surface area contributed by atoms with Crippen molar-refractivity contribution < 1.29 is 9.53 Å². The van der Waals surface area contributed by atoms with Crippen molar-refractivity contribution in [3.63, 3.8) is 0 Å². The molecule has 0 saturated carbocycles. The van der Waals surface area contributed by atoms with Crippen LogP contribution in [0.2, 0.25) is 0 Å². The number of hydrogen-bond acceptors (Lipinski definition) is 5. The Bertz CT molecular complexity index is 1170. The van der Waals surface area contributed by atoms with Crippen LogP contribution in [0, 0.1) is 13.8 Å². The molecule has 8 heteroatoms. The number of aromatic nitrogens is 3. The lowest BCUT2D eigenvalue weighted by molar-refractivity contribution is -0.113. The number of rotatable bonds is 4. The third kappa shape index (κ3) is 3.59. The number of benzene rings is 2. The summed E-state index contributed by atoms with van der Waals surface area (Å²) in [6.45, 7) is 5.89. The molecule has 4 rings (SSSR count). The lowest BCUT2D eigenvalue weighted by atomic mass is 9.94. The van der Waals surface area contributed by atoms with Crippen LogP contribution in [0.25, 0.3) is 0 Å². The van der Waals surface area contributed by atoms with E-state index in [0.717, 1.165) is 32.5 Å². The maximum Gasteiger partial charge on any atom is 0.255 e. The minimum absolute atomic E-state index is 0.190. The van der Waals surface area contributed by atoms with Gasteiger partial charge in [-0.15, -0.1) is 0 Å². The normalized spacial score (nSPS) is 15.4. The number of aryl methyl sites for hydroxylation is 2. The van der Waals surface area contributed by atoms with Crippen molar-refractivity contribution in [2.75, 3.05) is 17.7 Å². The Morgan fingerprint density at radius 3 is 2.70 bits per heavy atom. The first-order valence-corrected chi connectivity index (χ1v) is 10.3. The summed E-state index contributed by atoms with van der Waals surface area (Å²) >= 11 is 3.54. The van der Waals surface area contributed by atoms with E-state index in [1.807, 2.05) is 57.2 Å². The van der Waals surface area contributed by atoms with E-state index in [1.165, 1.54) is 6.33 Å². The summed E-state index contributed by atoms with van der Waals surface area (Å²) in [5.74, 6) is 1.12. The van der Waals surface area contributed by atoms with E-state index in [4.69, 9.17) is 4.74 Å². The van der Waals surface area contributed by atoms with E-state index in [2.05, 4.69) is 36.6 Å². The van der Waals surface area contributed by atoms with Crippen molar-refractivity contribution in [2.45, 2.75) is 26.8 Å². The molecule has 2 aromatic carbocycles. The van der Waals surface area contributed by atoms with E-state index in [1.54, 1.807) is 11.8 Å². The van der Waals surface area contributed by atoms with Crippen molar-refractivity contribution in [1.82, 2.24) is 14.8 Å². The summed E-state index contributed by atoms with van der Waals surface area (Å²) in [6.07, 6.45) is 1.48. The number of nitrogens with one attached hydrogen (secondary N) is 2. The van der Waals surface area contributed by atoms with Crippen LogP contribution >= 0.6 is 15.9 Å². The Morgan fingerprint density at radius 2 is 2.00 bits per heavy atom. The Kier molecular flexibility index (Phi) is 5.34. The van der Waals surface area contributed by atoms with E-state index in [-0.39, 0.29) is 5.91 Å². The van der Waals surface area contributed by atoms with Gasteiger partial charge in [0.05, 0.1) is 17.2 Å². The van der Waals surface area contributed by atoms with Gasteiger partial charge in [0.15, 0.2) is 0 Å². The van der Waals surface area contributed by atoms with Crippen molar-refractivity contribution in [3.8, 4) is 5.75 Å². The summed E-state index contributed by atoms with van der Waals surface area (Å²) in [5, 5.41) is 10.6. The van der Waals surface area contributed by atoms with Gasteiger partial charge in [0, 0.05) is 11.4 Å². The monoisotopic (exact) mass is 467 g/mol. The van der Waals surface area contributed by atoms with E-state index in [0.29, 0.717) is 17.3 Å². The van der Waals surface area contributed by atoms with Gasteiger partial charge in [-0.3, -0.25) is 4.79 Å². The molecular weight excluding hydrogens is 446 g/mol. The predicted molar refractivity (Wildman–Crippen MR) is 120 cm³/mol. The van der Waals surface area contributed by atoms with Crippen LogP contribution in [0.15, 0.2) is 58.5 Å². The molecule has 2 heterocycles.